The lowest BCUT2D eigenvalue weighted by atomic mass is 10.3. The first-order chi connectivity index (χ1) is 6.62. The molecule has 0 aromatic heterocycles. The third-order valence-electron chi connectivity index (χ3n) is 1.22. The summed E-state index contributed by atoms with van der Waals surface area (Å²) in [6.07, 6.45) is -11.3. The number of hydrogen-bond donors (Lipinski definition) is 2. The molecular formula is C5H6F6O4. The zero-order valence-corrected chi connectivity index (χ0v) is 6.89. The summed E-state index contributed by atoms with van der Waals surface area (Å²) in [5.74, 6) is -6.04. The number of aliphatic hydroxyl groups is 2. The lowest BCUT2D eigenvalue weighted by molar-refractivity contribution is -0.461. The number of halogens is 6. The van der Waals surface area contributed by atoms with Gasteiger partial charge in [-0.25, -0.2) is 0 Å². The number of alkyl halides is 6. The second kappa shape index (κ2) is 4.51. The van der Waals surface area contributed by atoms with E-state index in [2.05, 4.69) is 9.47 Å². The average Bonchev–Trinajstić information content (AvgIpc) is 2.03. The summed E-state index contributed by atoms with van der Waals surface area (Å²) in [7, 11) is 0. The fraction of sp³-hybridized carbons (Fsp3) is 1.00. The van der Waals surface area contributed by atoms with Gasteiger partial charge in [-0.2, -0.15) is 26.3 Å². The third-order valence-corrected chi connectivity index (χ3v) is 1.22. The van der Waals surface area contributed by atoms with Crippen LogP contribution in [0, 0.1) is 0 Å². The van der Waals surface area contributed by atoms with Crippen molar-refractivity contribution < 1.29 is 46.0 Å². The van der Waals surface area contributed by atoms with Crippen LogP contribution in [-0.4, -0.2) is 41.9 Å². The van der Waals surface area contributed by atoms with Crippen LogP contribution in [0.2, 0.25) is 0 Å². The monoisotopic (exact) mass is 244 g/mol. The maximum absolute atomic E-state index is 12.4. The Morgan fingerprint density at radius 3 is 1.20 bits per heavy atom. The second-order valence-electron chi connectivity index (χ2n) is 2.15. The van der Waals surface area contributed by atoms with E-state index >= 15 is 0 Å². The van der Waals surface area contributed by atoms with Crippen LogP contribution >= 0.6 is 0 Å². The standard InChI is InChI=1S/C5H6F6O4/c6-3(7,4(8,9)14-1-12)5(10,11)15-2-13/h12-13H,1-2H2. The smallest absolute Gasteiger partial charge is 0.370 e. The molecular weight excluding hydrogens is 238 g/mol. The summed E-state index contributed by atoms with van der Waals surface area (Å²) in [5.41, 5.74) is 0. The van der Waals surface area contributed by atoms with E-state index in [-0.39, 0.29) is 0 Å². The molecule has 0 unspecified atom stereocenters. The predicted molar refractivity (Wildman–Crippen MR) is 31.2 cm³/mol. The zero-order valence-electron chi connectivity index (χ0n) is 6.89. The van der Waals surface area contributed by atoms with Gasteiger partial charge in [-0.1, -0.05) is 0 Å². The number of ether oxygens (including phenoxy) is 2. The van der Waals surface area contributed by atoms with Gasteiger partial charge in [-0.05, 0) is 0 Å². The molecule has 15 heavy (non-hydrogen) atoms. The van der Waals surface area contributed by atoms with Crippen molar-refractivity contribution in [3.63, 3.8) is 0 Å². The van der Waals surface area contributed by atoms with Crippen LogP contribution < -0.4 is 0 Å². The van der Waals surface area contributed by atoms with Crippen molar-refractivity contribution in [1.29, 1.82) is 0 Å². The van der Waals surface area contributed by atoms with Gasteiger partial charge >= 0.3 is 18.1 Å². The number of rotatable bonds is 6. The largest absolute Gasteiger partial charge is 0.430 e. The molecule has 2 N–H and O–H groups in total. The van der Waals surface area contributed by atoms with Crippen LogP contribution in [0.1, 0.15) is 0 Å². The molecule has 0 atom stereocenters. The van der Waals surface area contributed by atoms with Crippen molar-refractivity contribution in [2.24, 2.45) is 0 Å². The van der Waals surface area contributed by atoms with E-state index in [1.54, 1.807) is 0 Å². The molecule has 0 aliphatic rings. The fourth-order valence-corrected chi connectivity index (χ4v) is 0.513. The Hall–Kier alpha value is -0.580. The molecule has 0 bridgehead atoms. The van der Waals surface area contributed by atoms with Crippen molar-refractivity contribution in [2.45, 2.75) is 18.1 Å². The van der Waals surface area contributed by atoms with Gasteiger partial charge in [-0.15, -0.1) is 0 Å². The minimum atomic E-state index is -6.04. The molecule has 0 fully saturated rings. The zero-order chi connectivity index (χ0) is 12.3. The van der Waals surface area contributed by atoms with Crippen LogP contribution in [0.25, 0.3) is 0 Å². The number of hydrogen-bond acceptors (Lipinski definition) is 4. The van der Waals surface area contributed by atoms with Gasteiger partial charge < -0.3 is 10.2 Å². The molecule has 0 aromatic rings. The van der Waals surface area contributed by atoms with E-state index in [4.69, 9.17) is 10.2 Å². The molecule has 0 saturated carbocycles. The van der Waals surface area contributed by atoms with E-state index in [0.29, 0.717) is 0 Å². The van der Waals surface area contributed by atoms with E-state index in [1.807, 2.05) is 0 Å². The van der Waals surface area contributed by atoms with Crippen LogP contribution in [0.5, 0.6) is 0 Å². The van der Waals surface area contributed by atoms with Crippen LogP contribution in [0.4, 0.5) is 26.3 Å². The molecule has 0 heterocycles. The first-order valence-electron chi connectivity index (χ1n) is 3.25. The van der Waals surface area contributed by atoms with Gasteiger partial charge in [0.15, 0.2) is 0 Å². The van der Waals surface area contributed by atoms with Gasteiger partial charge in [0.05, 0.1) is 0 Å². The molecule has 0 radical (unpaired) electrons. The van der Waals surface area contributed by atoms with Crippen molar-refractivity contribution in [1.82, 2.24) is 0 Å². The topological polar surface area (TPSA) is 58.9 Å². The first-order valence-corrected chi connectivity index (χ1v) is 3.25. The Morgan fingerprint density at radius 1 is 0.733 bits per heavy atom. The second-order valence-corrected chi connectivity index (χ2v) is 2.15. The third kappa shape index (κ3) is 2.71. The Labute approximate surface area is 79.0 Å². The normalized spacial score (nSPS) is 14.4. The molecule has 0 amide bonds. The summed E-state index contributed by atoms with van der Waals surface area (Å²) in [5, 5.41) is 15.6. The average molecular weight is 244 g/mol. The summed E-state index contributed by atoms with van der Waals surface area (Å²) < 4.78 is 79.3. The van der Waals surface area contributed by atoms with Crippen LogP contribution in [0.15, 0.2) is 0 Å². The highest BCUT2D eigenvalue weighted by Crippen LogP contribution is 2.46. The molecule has 0 aliphatic carbocycles. The summed E-state index contributed by atoms with van der Waals surface area (Å²) in [6.45, 7) is -3.78. The molecule has 4 nitrogen and oxygen atoms in total. The van der Waals surface area contributed by atoms with Gasteiger partial charge in [0.25, 0.3) is 0 Å². The molecule has 0 rings (SSSR count). The van der Waals surface area contributed by atoms with Gasteiger partial charge in [-0.3, -0.25) is 9.47 Å². The molecule has 92 valence electrons. The Morgan fingerprint density at radius 2 is 1.00 bits per heavy atom. The minimum absolute atomic E-state index is 1.89. The quantitative estimate of drug-likeness (QED) is 0.534. The Bertz CT molecular complexity index is 188. The molecule has 0 aliphatic heterocycles. The van der Waals surface area contributed by atoms with Crippen LogP contribution in [0.3, 0.4) is 0 Å². The minimum Gasteiger partial charge on any atom is -0.370 e. The predicted octanol–water partition coefficient (Wildman–Crippen LogP) is 0.740. The van der Waals surface area contributed by atoms with Crippen LogP contribution in [-0.2, 0) is 9.47 Å². The van der Waals surface area contributed by atoms with Crippen molar-refractivity contribution in [3.8, 4) is 0 Å². The van der Waals surface area contributed by atoms with E-state index in [1.165, 1.54) is 0 Å². The van der Waals surface area contributed by atoms with Gasteiger partial charge in [0, 0.05) is 0 Å². The van der Waals surface area contributed by atoms with Crippen molar-refractivity contribution in [3.05, 3.63) is 0 Å². The van der Waals surface area contributed by atoms with E-state index in [0.717, 1.165) is 0 Å². The van der Waals surface area contributed by atoms with Crippen molar-refractivity contribution in [2.75, 3.05) is 13.6 Å². The Balaban J connectivity index is 4.93. The van der Waals surface area contributed by atoms with E-state index in [9.17, 15) is 26.3 Å². The number of aliphatic hydroxyl groups excluding tert-OH is 2. The first kappa shape index (κ1) is 14.4. The highest BCUT2D eigenvalue weighted by molar-refractivity contribution is 4.85. The highest BCUT2D eigenvalue weighted by Gasteiger charge is 2.74. The fourth-order valence-electron chi connectivity index (χ4n) is 0.513. The Kier molecular flexibility index (Phi) is 4.34. The van der Waals surface area contributed by atoms with Gasteiger partial charge in [0.2, 0.25) is 0 Å². The molecule has 0 saturated heterocycles. The van der Waals surface area contributed by atoms with E-state index < -0.39 is 31.7 Å². The highest BCUT2D eigenvalue weighted by atomic mass is 19.4. The molecule has 0 spiro atoms. The maximum Gasteiger partial charge on any atom is 0.430 e. The summed E-state index contributed by atoms with van der Waals surface area (Å²) in [4.78, 5) is 0. The summed E-state index contributed by atoms with van der Waals surface area (Å²) >= 11 is 0. The maximum atomic E-state index is 12.4. The lowest BCUT2D eigenvalue weighted by Gasteiger charge is -2.30. The SMILES string of the molecule is OCOC(F)(F)C(F)(F)C(F)(F)OCO. The molecule has 10 heteroatoms. The summed E-state index contributed by atoms with van der Waals surface area (Å²) in [6, 6.07) is 0. The van der Waals surface area contributed by atoms with Crippen molar-refractivity contribution >= 4 is 0 Å². The molecule has 0 aromatic carbocycles. The van der Waals surface area contributed by atoms with Gasteiger partial charge in [0.1, 0.15) is 13.6 Å². The lowest BCUT2D eigenvalue weighted by Crippen LogP contribution is -2.56.